The summed E-state index contributed by atoms with van der Waals surface area (Å²) in [6, 6.07) is 9.26. The molecule has 100 valence electrons. The summed E-state index contributed by atoms with van der Waals surface area (Å²) in [5, 5.41) is 0.279. The van der Waals surface area contributed by atoms with Crippen molar-refractivity contribution in [3.8, 4) is 5.75 Å². The van der Waals surface area contributed by atoms with Gasteiger partial charge in [0.15, 0.2) is 0 Å². The normalized spacial score (nSPS) is 12.3. The monoisotopic (exact) mass is 318 g/mol. The van der Waals surface area contributed by atoms with Gasteiger partial charge in [0, 0.05) is 5.56 Å². The summed E-state index contributed by atoms with van der Waals surface area (Å²) >= 11 is 18.2. The van der Waals surface area contributed by atoms with Crippen LogP contribution in [0.5, 0.6) is 5.75 Å². The SMILES string of the molecule is COc1ccc(F)cc1C(Cl)c1ccc(Cl)c(Cl)c1. The molecule has 2 aromatic rings. The lowest BCUT2D eigenvalue weighted by Gasteiger charge is -2.15. The van der Waals surface area contributed by atoms with Crippen LogP contribution >= 0.6 is 34.8 Å². The van der Waals surface area contributed by atoms with Crippen molar-refractivity contribution in [1.82, 2.24) is 0 Å². The van der Waals surface area contributed by atoms with Crippen molar-refractivity contribution in [2.75, 3.05) is 7.11 Å². The summed E-state index contributed by atoms with van der Waals surface area (Å²) in [4.78, 5) is 0. The molecule has 0 aliphatic carbocycles. The molecule has 0 aromatic heterocycles. The van der Waals surface area contributed by atoms with Gasteiger partial charge in [0.2, 0.25) is 0 Å². The molecule has 0 saturated heterocycles. The Bertz CT molecular complexity index is 601. The fraction of sp³-hybridized carbons (Fsp3) is 0.143. The summed E-state index contributed by atoms with van der Waals surface area (Å²) in [7, 11) is 1.51. The first kappa shape index (κ1) is 14.4. The van der Waals surface area contributed by atoms with Crippen molar-refractivity contribution in [3.05, 3.63) is 63.4 Å². The van der Waals surface area contributed by atoms with E-state index in [2.05, 4.69) is 0 Å². The van der Waals surface area contributed by atoms with E-state index in [1.54, 1.807) is 18.2 Å². The molecule has 5 heteroatoms. The van der Waals surface area contributed by atoms with Gasteiger partial charge >= 0.3 is 0 Å². The van der Waals surface area contributed by atoms with Gasteiger partial charge < -0.3 is 4.74 Å². The van der Waals surface area contributed by atoms with Gasteiger partial charge in [-0.05, 0) is 35.9 Å². The molecule has 2 rings (SSSR count). The molecule has 0 fully saturated rings. The molecule has 0 N–H and O–H groups in total. The molecule has 2 aromatic carbocycles. The summed E-state index contributed by atoms with van der Waals surface area (Å²) < 4.78 is 18.5. The van der Waals surface area contributed by atoms with Crippen LogP contribution in [0.1, 0.15) is 16.5 Å². The number of benzene rings is 2. The molecule has 0 heterocycles. The fourth-order valence-corrected chi connectivity index (χ4v) is 2.37. The van der Waals surface area contributed by atoms with Crippen LogP contribution in [0.4, 0.5) is 4.39 Å². The highest BCUT2D eigenvalue weighted by atomic mass is 35.5. The maximum absolute atomic E-state index is 13.3. The molecular weight excluding hydrogens is 310 g/mol. The second-order valence-corrected chi connectivity index (χ2v) is 5.17. The van der Waals surface area contributed by atoms with Crippen molar-refractivity contribution in [2.24, 2.45) is 0 Å². The first-order valence-electron chi connectivity index (χ1n) is 5.45. The van der Waals surface area contributed by atoms with E-state index in [1.165, 1.54) is 25.3 Å². The van der Waals surface area contributed by atoms with Crippen molar-refractivity contribution in [1.29, 1.82) is 0 Å². The van der Waals surface area contributed by atoms with Crippen molar-refractivity contribution >= 4 is 34.8 Å². The number of methoxy groups -OCH3 is 1. The van der Waals surface area contributed by atoms with Crippen molar-refractivity contribution < 1.29 is 9.13 Å². The highest BCUT2D eigenvalue weighted by molar-refractivity contribution is 6.42. The fourth-order valence-electron chi connectivity index (χ4n) is 1.75. The first-order valence-corrected chi connectivity index (χ1v) is 6.64. The zero-order valence-corrected chi connectivity index (χ0v) is 12.2. The topological polar surface area (TPSA) is 9.23 Å². The Balaban J connectivity index is 2.45. The third kappa shape index (κ3) is 3.14. The predicted octanol–water partition coefficient (Wildman–Crippen LogP) is 5.47. The van der Waals surface area contributed by atoms with E-state index < -0.39 is 5.38 Å². The molecule has 1 atom stereocenters. The smallest absolute Gasteiger partial charge is 0.124 e. The Morgan fingerprint density at radius 3 is 2.42 bits per heavy atom. The third-order valence-electron chi connectivity index (χ3n) is 2.70. The zero-order chi connectivity index (χ0) is 14.0. The van der Waals surface area contributed by atoms with Crippen LogP contribution in [-0.4, -0.2) is 7.11 Å². The Morgan fingerprint density at radius 1 is 1.05 bits per heavy atom. The highest BCUT2D eigenvalue weighted by Crippen LogP contribution is 2.37. The Kier molecular flexibility index (Phi) is 4.56. The minimum absolute atomic E-state index is 0.374. The maximum atomic E-state index is 13.3. The van der Waals surface area contributed by atoms with Gasteiger partial charge in [-0.15, -0.1) is 11.6 Å². The minimum Gasteiger partial charge on any atom is -0.496 e. The summed E-state index contributed by atoms with van der Waals surface area (Å²) in [6.45, 7) is 0. The van der Waals surface area contributed by atoms with Gasteiger partial charge in [-0.2, -0.15) is 0 Å². The lowest BCUT2D eigenvalue weighted by atomic mass is 10.0. The van der Waals surface area contributed by atoms with E-state index in [9.17, 15) is 4.39 Å². The van der Waals surface area contributed by atoms with E-state index in [4.69, 9.17) is 39.5 Å². The summed E-state index contributed by atoms with van der Waals surface area (Å²) in [5.74, 6) is 0.147. The molecule has 1 nitrogen and oxygen atoms in total. The van der Waals surface area contributed by atoms with E-state index >= 15 is 0 Å². The Labute approximate surface area is 125 Å². The van der Waals surface area contributed by atoms with E-state index in [0.29, 0.717) is 21.4 Å². The lowest BCUT2D eigenvalue weighted by Crippen LogP contribution is -1.98. The number of ether oxygens (including phenoxy) is 1. The summed E-state index contributed by atoms with van der Waals surface area (Å²) in [6.07, 6.45) is 0. The molecule has 0 radical (unpaired) electrons. The largest absolute Gasteiger partial charge is 0.496 e. The van der Waals surface area contributed by atoms with Crippen molar-refractivity contribution in [3.63, 3.8) is 0 Å². The highest BCUT2D eigenvalue weighted by Gasteiger charge is 2.17. The first-order chi connectivity index (χ1) is 9.02. The number of hydrogen-bond donors (Lipinski definition) is 0. The van der Waals surface area contributed by atoms with Gasteiger partial charge in [0.1, 0.15) is 11.6 Å². The quantitative estimate of drug-likeness (QED) is 0.682. The predicted molar refractivity (Wildman–Crippen MR) is 77.1 cm³/mol. The minimum atomic E-state index is -0.569. The van der Waals surface area contributed by atoms with Gasteiger partial charge in [0.25, 0.3) is 0 Å². The standard InChI is InChI=1S/C14H10Cl3FO/c1-19-13-5-3-9(18)7-10(13)14(17)8-2-4-11(15)12(16)6-8/h2-7,14H,1H3. The second-order valence-electron chi connectivity index (χ2n) is 3.92. The van der Waals surface area contributed by atoms with Gasteiger partial charge in [-0.1, -0.05) is 29.3 Å². The molecule has 0 bridgehead atoms. The summed E-state index contributed by atoms with van der Waals surface area (Å²) in [5.41, 5.74) is 1.27. The van der Waals surface area contributed by atoms with E-state index in [0.717, 1.165) is 5.56 Å². The lowest BCUT2D eigenvalue weighted by molar-refractivity contribution is 0.409. The molecule has 19 heavy (non-hydrogen) atoms. The van der Waals surface area contributed by atoms with Crippen LogP contribution in [0.3, 0.4) is 0 Å². The molecular formula is C14H10Cl3FO. The van der Waals surface area contributed by atoms with Gasteiger partial charge in [-0.25, -0.2) is 4.39 Å². The van der Waals surface area contributed by atoms with Crippen LogP contribution in [0, 0.1) is 5.82 Å². The maximum Gasteiger partial charge on any atom is 0.124 e. The zero-order valence-electron chi connectivity index (χ0n) is 9.96. The number of hydrogen-bond acceptors (Lipinski definition) is 1. The average Bonchev–Trinajstić information content (AvgIpc) is 2.41. The van der Waals surface area contributed by atoms with Crippen LogP contribution in [-0.2, 0) is 0 Å². The molecule has 0 aliphatic rings. The Hall–Kier alpha value is -0.960. The number of alkyl halides is 1. The third-order valence-corrected chi connectivity index (χ3v) is 3.93. The van der Waals surface area contributed by atoms with Crippen LogP contribution in [0.25, 0.3) is 0 Å². The molecule has 0 amide bonds. The van der Waals surface area contributed by atoms with Crippen LogP contribution in [0.2, 0.25) is 10.0 Å². The second kappa shape index (κ2) is 6.00. The molecule has 0 aliphatic heterocycles. The number of rotatable bonds is 3. The number of halogens is 4. The van der Waals surface area contributed by atoms with Crippen molar-refractivity contribution in [2.45, 2.75) is 5.38 Å². The van der Waals surface area contributed by atoms with Gasteiger partial charge in [-0.3, -0.25) is 0 Å². The molecule has 0 spiro atoms. The van der Waals surface area contributed by atoms with E-state index in [1.807, 2.05) is 0 Å². The Morgan fingerprint density at radius 2 is 1.79 bits per heavy atom. The molecule has 0 saturated carbocycles. The van der Waals surface area contributed by atoms with E-state index in [-0.39, 0.29) is 5.82 Å². The molecule has 1 unspecified atom stereocenters. The van der Waals surface area contributed by atoms with Crippen LogP contribution < -0.4 is 4.74 Å². The van der Waals surface area contributed by atoms with Crippen LogP contribution in [0.15, 0.2) is 36.4 Å². The van der Waals surface area contributed by atoms with Gasteiger partial charge in [0.05, 0.1) is 22.5 Å². The average molecular weight is 320 g/mol.